The first-order chi connectivity index (χ1) is 11.3. The van der Waals surface area contributed by atoms with Gasteiger partial charge in [0.1, 0.15) is 0 Å². The van der Waals surface area contributed by atoms with E-state index in [-0.39, 0.29) is 11.9 Å². The molecule has 1 unspecified atom stereocenters. The number of benzene rings is 1. The first-order valence-corrected chi connectivity index (χ1v) is 7.98. The fourth-order valence-corrected chi connectivity index (χ4v) is 3.37. The van der Waals surface area contributed by atoms with E-state index in [1.54, 1.807) is 12.1 Å². The van der Waals surface area contributed by atoms with Gasteiger partial charge in [-0.25, -0.2) is 0 Å². The van der Waals surface area contributed by atoms with E-state index in [1.807, 2.05) is 30.3 Å². The zero-order chi connectivity index (χ0) is 15.6. The number of nitrogens with zero attached hydrogens (tertiary/aromatic N) is 1. The summed E-state index contributed by atoms with van der Waals surface area (Å²) < 4.78 is 5.56. The van der Waals surface area contributed by atoms with E-state index in [0.717, 1.165) is 25.2 Å². The molecule has 1 aromatic heterocycles. The van der Waals surface area contributed by atoms with E-state index in [0.29, 0.717) is 17.4 Å². The minimum Gasteiger partial charge on any atom is -0.443 e. The maximum absolute atomic E-state index is 12.3. The van der Waals surface area contributed by atoms with Gasteiger partial charge in [-0.1, -0.05) is 24.1 Å². The van der Waals surface area contributed by atoms with Gasteiger partial charge in [0.05, 0.1) is 0 Å². The maximum Gasteiger partial charge on any atom is 0.287 e. The summed E-state index contributed by atoms with van der Waals surface area (Å²) in [7, 11) is 0. The van der Waals surface area contributed by atoms with E-state index in [2.05, 4.69) is 22.1 Å². The fourth-order valence-electron chi connectivity index (χ4n) is 3.37. The van der Waals surface area contributed by atoms with Crippen LogP contribution in [0.5, 0.6) is 0 Å². The summed E-state index contributed by atoms with van der Waals surface area (Å²) in [5, 5.41) is 3.09. The van der Waals surface area contributed by atoms with Gasteiger partial charge >= 0.3 is 0 Å². The molecular formula is C19H18N2O2. The number of carbonyl (C=O) groups is 1. The molecule has 23 heavy (non-hydrogen) atoms. The van der Waals surface area contributed by atoms with Crippen LogP contribution in [0.2, 0.25) is 0 Å². The molecule has 3 heterocycles. The van der Waals surface area contributed by atoms with E-state index in [9.17, 15) is 4.79 Å². The highest BCUT2D eigenvalue weighted by atomic mass is 16.3. The molecule has 1 N–H and O–H groups in total. The molecule has 2 saturated heterocycles. The number of amides is 1. The lowest BCUT2D eigenvalue weighted by atomic mass is 10.00. The number of carbonyl (C=O) groups excluding carboxylic acids is 1. The summed E-state index contributed by atoms with van der Waals surface area (Å²) >= 11 is 0. The third-order valence-electron chi connectivity index (χ3n) is 4.58. The van der Waals surface area contributed by atoms with Gasteiger partial charge in [0.15, 0.2) is 11.5 Å². The minimum absolute atomic E-state index is 0.142. The topological polar surface area (TPSA) is 45.5 Å². The van der Waals surface area contributed by atoms with Crippen molar-refractivity contribution in [3.8, 4) is 11.8 Å². The summed E-state index contributed by atoms with van der Waals surface area (Å²) in [6, 6.07) is 13.4. The third-order valence-corrected chi connectivity index (χ3v) is 4.58. The average molecular weight is 306 g/mol. The van der Waals surface area contributed by atoms with Crippen LogP contribution < -0.4 is 5.32 Å². The van der Waals surface area contributed by atoms with Gasteiger partial charge in [0, 0.05) is 24.7 Å². The lowest BCUT2D eigenvalue weighted by Crippen LogP contribution is -2.43. The van der Waals surface area contributed by atoms with Gasteiger partial charge < -0.3 is 14.6 Å². The van der Waals surface area contributed by atoms with Gasteiger partial charge in [-0.15, -0.1) is 0 Å². The number of hydrogen-bond acceptors (Lipinski definition) is 3. The van der Waals surface area contributed by atoms with Crippen molar-refractivity contribution in [1.29, 1.82) is 0 Å². The second-order valence-electron chi connectivity index (χ2n) is 6.17. The number of nitrogens with one attached hydrogen (secondary N) is 1. The number of fused-ring (bicyclic) bond motifs is 2. The van der Waals surface area contributed by atoms with Crippen LogP contribution in [0.4, 0.5) is 0 Å². The summed E-state index contributed by atoms with van der Waals surface area (Å²) in [5.41, 5.74) is 0.922. The monoisotopic (exact) mass is 306 g/mol. The average Bonchev–Trinajstić information content (AvgIpc) is 3.30. The molecule has 2 aliphatic heterocycles. The van der Waals surface area contributed by atoms with Gasteiger partial charge in [-0.05, 0) is 49.1 Å². The molecule has 0 saturated carbocycles. The molecule has 2 aliphatic rings. The van der Waals surface area contributed by atoms with Crippen LogP contribution in [-0.2, 0) is 0 Å². The number of rotatable bonds is 2. The molecular weight excluding hydrogens is 288 g/mol. The lowest BCUT2D eigenvalue weighted by molar-refractivity contribution is 0.0895. The standard InChI is InChI=1S/C19H18N2O2/c22-19(20-17-13-21-11-10-15(17)12-21)18-9-8-16(23-18)7-6-14-4-2-1-3-5-14/h1-5,8-9,15,17H,10-13H2,(H,20,22)/t15-,17+/m1/s1. The Kier molecular flexibility index (Phi) is 3.64. The summed E-state index contributed by atoms with van der Waals surface area (Å²) in [4.78, 5) is 14.7. The second-order valence-corrected chi connectivity index (χ2v) is 6.17. The second kappa shape index (κ2) is 5.94. The zero-order valence-electron chi connectivity index (χ0n) is 12.8. The van der Waals surface area contributed by atoms with Crippen molar-refractivity contribution in [2.24, 2.45) is 5.92 Å². The Balaban J connectivity index is 1.41. The SMILES string of the molecule is O=C(N[C@H]1CN2CC[C@@H]1C2)c1ccc(C#Cc2ccccc2)o1. The lowest BCUT2D eigenvalue weighted by Gasteiger charge is -2.22. The summed E-state index contributed by atoms with van der Waals surface area (Å²) in [6.45, 7) is 3.23. The molecule has 2 bridgehead atoms. The van der Waals surface area contributed by atoms with Crippen molar-refractivity contribution in [2.45, 2.75) is 12.5 Å². The van der Waals surface area contributed by atoms with E-state index < -0.39 is 0 Å². The zero-order valence-corrected chi connectivity index (χ0v) is 12.8. The van der Waals surface area contributed by atoms with E-state index in [1.165, 1.54) is 6.42 Å². The predicted octanol–water partition coefficient (Wildman–Crippen LogP) is 2.11. The Labute approximate surface area is 135 Å². The fraction of sp³-hybridized carbons (Fsp3) is 0.316. The van der Waals surface area contributed by atoms with Gasteiger partial charge in [-0.2, -0.15) is 0 Å². The molecule has 4 heteroatoms. The number of hydrogen-bond donors (Lipinski definition) is 1. The van der Waals surface area contributed by atoms with E-state index >= 15 is 0 Å². The van der Waals surface area contributed by atoms with Crippen LogP contribution in [0, 0.1) is 17.8 Å². The molecule has 2 aromatic rings. The first-order valence-electron chi connectivity index (χ1n) is 7.98. The largest absolute Gasteiger partial charge is 0.443 e. The van der Waals surface area contributed by atoms with Crippen molar-refractivity contribution >= 4 is 5.91 Å². The normalized spacial score (nSPS) is 25.0. The highest BCUT2D eigenvalue weighted by molar-refractivity contribution is 5.91. The van der Waals surface area contributed by atoms with Crippen LogP contribution in [-0.4, -0.2) is 36.5 Å². The van der Waals surface area contributed by atoms with Crippen LogP contribution in [0.15, 0.2) is 46.9 Å². The van der Waals surface area contributed by atoms with Gasteiger partial charge in [-0.3, -0.25) is 4.79 Å². The van der Waals surface area contributed by atoms with Crippen molar-refractivity contribution in [2.75, 3.05) is 19.6 Å². The maximum atomic E-state index is 12.3. The first kappa shape index (κ1) is 14.1. The Morgan fingerprint density at radius 3 is 2.74 bits per heavy atom. The van der Waals surface area contributed by atoms with Crippen LogP contribution in [0.1, 0.15) is 28.3 Å². The Morgan fingerprint density at radius 1 is 1.13 bits per heavy atom. The smallest absolute Gasteiger partial charge is 0.287 e. The van der Waals surface area contributed by atoms with Crippen molar-refractivity contribution in [1.82, 2.24) is 10.2 Å². The van der Waals surface area contributed by atoms with Crippen molar-refractivity contribution in [3.05, 3.63) is 59.5 Å². The molecule has 1 amide bonds. The molecule has 4 nitrogen and oxygen atoms in total. The molecule has 2 fully saturated rings. The Hall–Kier alpha value is -2.51. The highest BCUT2D eigenvalue weighted by Crippen LogP contribution is 2.27. The quantitative estimate of drug-likeness (QED) is 0.865. The van der Waals surface area contributed by atoms with Crippen LogP contribution in [0.25, 0.3) is 0 Å². The van der Waals surface area contributed by atoms with Gasteiger partial charge in [0.25, 0.3) is 5.91 Å². The predicted molar refractivity (Wildman–Crippen MR) is 86.9 cm³/mol. The molecule has 4 rings (SSSR count). The Morgan fingerprint density at radius 2 is 2.00 bits per heavy atom. The number of furan rings is 1. The van der Waals surface area contributed by atoms with Crippen molar-refractivity contribution in [3.63, 3.8) is 0 Å². The number of piperidine rings is 1. The third kappa shape index (κ3) is 3.01. The molecule has 1 aromatic carbocycles. The molecule has 0 aliphatic carbocycles. The minimum atomic E-state index is -0.142. The van der Waals surface area contributed by atoms with E-state index in [4.69, 9.17) is 4.42 Å². The highest BCUT2D eigenvalue weighted by Gasteiger charge is 2.38. The van der Waals surface area contributed by atoms with Gasteiger partial charge in [0.2, 0.25) is 0 Å². The van der Waals surface area contributed by atoms with Crippen LogP contribution in [0.3, 0.4) is 0 Å². The van der Waals surface area contributed by atoms with Crippen LogP contribution >= 0.6 is 0 Å². The Bertz CT molecular complexity index is 769. The molecule has 0 radical (unpaired) electrons. The summed E-state index contributed by atoms with van der Waals surface area (Å²) in [5.74, 6) is 7.27. The molecule has 0 spiro atoms. The van der Waals surface area contributed by atoms with Crippen molar-refractivity contribution < 1.29 is 9.21 Å². The molecule has 116 valence electrons. The molecule has 3 atom stereocenters. The summed E-state index contributed by atoms with van der Waals surface area (Å²) in [6.07, 6.45) is 1.18.